The first-order chi connectivity index (χ1) is 19.1. The molecular formula is C31H37N3O5. The average Bonchev–Trinajstić information content (AvgIpc) is 3.44. The van der Waals surface area contributed by atoms with Crippen LogP contribution in [0.1, 0.15) is 42.4 Å². The predicted molar refractivity (Wildman–Crippen MR) is 148 cm³/mol. The Morgan fingerprint density at radius 1 is 0.872 bits per heavy atom. The van der Waals surface area contributed by atoms with Gasteiger partial charge in [0.1, 0.15) is 0 Å². The molecule has 2 fully saturated rings. The van der Waals surface area contributed by atoms with Gasteiger partial charge in [0, 0.05) is 44.0 Å². The number of carbonyl (C=O) groups excluding carboxylic acids is 1. The Kier molecular flexibility index (Phi) is 7.42. The summed E-state index contributed by atoms with van der Waals surface area (Å²) >= 11 is 0. The van der Waals surface area contributed by atoms with E-state index in [1.807, 2.05) is 18.2 Å². The normalized spacial score (nSPS) is 24.5. The van der Waals surface area contributed by atoms with Crippen molar-refractivity contribution in [2.75, 3.05) is 40.5 Å². The van der Waals surface area contributed by atoms with Gasteiger partial charge in [-0.3, -0.25) is 9.69 Å². The second-order valence-corrected chi connectivity index (χ2v) is 10.8. The lowest BCUT2D eigenvalue weighted by molar-refractivity contribution is -0.185. The number of nitrogens with zero attached hydrogens (tertiary/aromatic N) is 3. The number of hydrazone groups is 1. The van der Waals surface area contributed by atoms with E-state index in [9.17, 15) is 4.79 Å². The molecule has 1 aliphatic carbocycles. The van der Waals surface area contributed by atoms with Gasteiger partial charge in [0.25, 0.3) is 0 Å². The number of methoxy groups -OCH3 is 2. The molecule has 39 heavy (non-hydrogen) atoms. The topological polar surface area (TPSA) is 72.8 Å². The van der Waals surface area contributed by atoms with Gasteiger partial charge in [-0.15, -0.1) is 0 Å². The fraction of sp³-hybridized carbons (Fsp3) is 0.484. The molecule has 1 amide bonds. The van der Waals surface area contributed by atoms with E-state index in [1.54, 1.807) is 19.2 Å². The third kappa shape index (κ3) is 5.33. The van der Waals surface area contributed by atoms with Crippen molar-refractivity contribution in [3.8, 4) is 11.5 Å². The molecular weight excluding hydrogens is 494 g/mol. The smallest absolute Gasteiger partial charge is 0.247 e. The second kappa shape index (κ2) is 11.1. The van der Waals surface area contributed by atoms with Crippen molar-refractivity contribution in [1.29, 1.82) is 0 Å². The van der Waals surface area contributed by atoms with Crippen molar-refractivity contribution in [3.05, 3.63) is 71.3 Å². The summed E-state index contributed by atoms with van der Waals surface area (Å²) in [7, 11) is 3.27. The minimum Gasteiger partial charge on any atom is -0.493 e. The molecule has 0 radical (unpaired) electrons. The van der Waals surface area contributed by atoms with Crippen molar-refractivity contribution in [2.45, 2.75) is 44.6 Å². The molecule has 206 valence electrons. The summed E-state index contributed by atoms with van der Waals surface area (Å²) in [6.45, 7) is 4.70. The van der Waals surface area contributed by atoms with Crippen LogP contribution in [-0.4, -0.2) is 67.8 Å². The SMILES string of the molecule is COc1ccc(C2=NN(Cc3ccc(CN4CCC5(CC4)OCCO5)cc3)C(=O)C3CC=CCC23)cc1OC. The van der Waals surface area contributed by atoms with E-state index in [0.29, 0.717) is 31.3 Å². The first-order valence-corrected chi connectivity index (χ1v) is 13.9. The van der Waals surface area contributed by atoms with Crippen molar-refractivity contribution in [3.63, 3.8) is 0 Å². The highest BCUT2D eigenvalue weighted by atomic mass is 16.7. The standard InChI is InChI=1S/C31H37N3O5/c1-36-27-12-11-24(19-28(27)37-2)29-25-5-3-4-6-26(25)30(35)34(32-29)21-23-9-7-22(8-10-23)20-33-15-13-31(14-16-33)38-17-18-39-31/h3-4,7-12,19,25-26H,5-6,13-18,20-21H2,1-2H3. The fourth-order valence-corrected chi connectivity index (χ4v) is 6.23. The maximum absolute atomic E-state index is 13.5. The number of hydrogen-bond donors (Lipinski definition) is 0. The number of ether oxygens (including phenoxy) is 4. The Hall–Kier alpha value is -3.20. The molecule has 1 spiro atoms. The minimum atomic E-state index is -0.342. The largest absolute Gasteiger partial charge is 0.493 e. The van der Waals surface area contributed by atoms with E-state index in [0.717, 1.165) is 62.2 Å². The summed E-state index contributed by atoms with van der Waals surface area (Å²) < 4.78 is 22.7. The molecule has 2 unspecified atom stereocenters. The third-order valence-electron chi connectivity index (χ3n) is 8.46. The second-order valence-electron chi connectivity index (χ2n) is 10.8. The molecule has 4 aliphatic rings. The van der Waals surface area contributed by atoms with Crippen molar-refractivity contribution in [2.24, 2.45) is 16.9 Å². The predicted octanol–water partition coefficient (Wildman–Crippen LogP) is 4.37. The van der Waals surface area contributed by atoms with Gasteiger partial charge in [-0.2, -0.15) is 5.10 Å². The number of hydrogen-bond acceptors (Lipinski definition) is 7. The lowest BCUT2D eigenvalue weighted by atomic mass is 9.76. The Morgan fingerprint density at radius 3 is 2.18 bits per heavy atom. The molecule has 8 nitrogen and oxygen atoms in total. The number of piperidine rings is 1. The molecule has 8 heteroatoms. The number of allylic oxidation sites excluding steroid dienone is 2. The van der Waals surface area contributed by atoms with Gasteiger partial charge in [-0.1, -0.05) is 36.4 Å². The quantitative estimate of drug-likeness (QED) is 0.494. The van der Waals surface area contributed by atoms with Crippen LogP contribution in [0.25, 0.3) is 0 Å². The molecule has 2 aromatic rings. The van der Waals surface area contributed by atoms with E-state index < -0.39 is 0 Å². The van der Waals surface area contributed by atoms with Crippen LogP contribution in [-0.2, 0) is 27.4 Å². The summed E-state index contributed by atoms with van der Waals surface area (Å²) in [5, 5.41) is 6.59. The Balaban J connectivity index is 1.17. The van der Waals surface area contributed by atoms with Crippen LogP contribution in [0.2, 0.25) is 0 Å². The van der Waals surface area contributed by atoms with Crippen LogP contribution in [0.5, 0.6) is 11.5 Å². The first kappa shape index (κ1) is 26.0. The Labute approximate surface area is 230 Å². The van der Waals surface area contributed by atoms with Crippen LogP contribution < -0.4 is 9.47 Å². The van der Waals surface area contributed by atoms with Gasteiger partial charge in [-0.25, -0.2) is 5.01 Å². The van der Waals surface area contributed by atoms with Crippen molar-refractivity contribution < 1.29 is 23.7 Å². The van der Waals surface area contributed by atoms with E-state index >= 15 is 0 Å². The maximum atomic E-state index is 13.5. The molecule has 2 saturated heterocycles. The van der Waals surface area contributed by atoms with Crippen molar-refractivity contribution >= 4 is 11.6 Å². The molecule has 2 aromatic carbocycles. The van der Waals surface area contributed by atoms with E-state index in [-0.39, 0.29) is 23.5 Å². The molecule has 6 rings (SSSR count). The monoisotopic (exact) mass is 531 g/mol. The summed E-state index contributed by atoms with van der Waals surface area (Å²) in [6, 6.07) is 14.4. The van der Waals surface area contributed by atoms with E-state index in [2.05, 4.69) is 41.3 Å². The number of likely N-dealkylation sites (tertiary alicyclic amines) is 1. The fourth-order valence-electron chi connectivity index (χ4n) is 6.23. The Bertz CT molecular complexity index is 1240. The zero-order valence-electron chi connectivity index (χ0n) is 22.8. The van der Waals surface area contributed by atoms with Gasteiger partial charge in [-0.05, 0) is 42.2 Å². The van der Waals surface area contributed by atoms with E-state index in [1.165, 1.54) is 5.56 Å². The lowest BCUT2D eigenvalue weighted by Crippen LogP contribution is -2.45. The highest BCUT2D eigenvalue weighted by molar-refractivity contribution is 6.07. The van der Waals surface area contributed by atoms with Crippen LogP contribution in [0, 0.1) is 11.8 Å². The molecule has 2 atom stereocenters. The number of rotatable bonds is 7. The number of benzene rings is 2. The summed E-state index contributed by atoms with van der Waals surface area (Å²) in [4.78, 5) is 16.0. The van der Waals surface area contributed by atoms with Gasteiger partial charge in [0.15, 0.2) is 17.3 Å². The zero-order valence-corrected chi connectivity index (χ0v) is 22.8. The van der Waals surface area contributed by atoms with Crippen LogP contribution in [0.4, 0.5) is 0 Å². The van der Waals surface area contributed by atoms with Crippen LogP contribution in [0.3, 0.4) is 0 Å². The number of amides is 1. The number of fused-ring (bicyclic) bond motifs is 1. The zero-order chi connectivity index (χ0) is 26.8. The maximum Gasteiger partial charge on any atom is 0.247 e. The average molecular weight is 532 g/mol. The summed E-state index contributed by atoms with van der Waals surface area (Å²) in [6.07, 6.45) is 7.66. The van der Waals surface area contributed by atoms with Gasteiger partial charge in [0.05, 0.1) is 45.6 Å². The molecule has 0 bridgehead atoms. The van der Waals surface area contributed by atoms with Gasteiger partial charge < -0.3 is 18.9 Å². The molecule has 0 saturated carbocycles. The number of carbonyl (C=O) groups is 1. The van der Waals surface area contributed by atoms with Crippen LogP contribution >= 0.6 is 0 Å². The summed E-state index contributed by atoms with van der Waals surface area (Å²) in [5.41, 5.74) is 4.22. The van der Waals surface area contributed by atoms with Gasteiger partial charge in [0.2, 0.25) is 5.91 Å². The van der Waals surface area contributed by atoms with E-state index in [4.69, 9.17) is 24.0 Å². The highest BCUT2D eigenvalue weighted by Gasteiger charge is 2.41. The first-order valence-electron chi connectivity index (χ1n) is 13.9. The minimum absolute atomic E-state index is 0.0583. The van der Waals surface area contributed by atoms with Gasteiger partial charge >= 0.3 is 0 Å². The molecule has 3 heterocycles. The van der Waals surface area contributed by atoms with Crippen molar-refractivity contribution in [1.82, 2.24) is 9.91 Å². The molecule has 3 aliphatic heterocycles. The molecule has 0 aromatic heterocycles. The Morgan fingerprint density at radius 2 is 1.51 bits per heavy atom. The van der Waals surface area contributed by atoms with Crippen LogP contribution in [0.15, 0.2) is 59.7 Å². The lowest BCUT2D eigenvalue weighted by Gasteiger charge is -2.37. The summed E-state index contributed by atoms with van der Waals surface area (Å²) in [5.74, 6) is 1.04. The highest BCUT2D eigenvalue weighted by Crippen LogP contribution is 2.37. The molecule has 0 N–H and O–H groups in total. The third-order valence-corrected chi connectivity index (χ3v) is 8.46.